The number of fused-ring (bicyclic) bond motifs is 2. The van der Waals surface area contributed by atoms with E-state index in [0.717, 1.165) is 11.3 Å². The van der Waals surface area contributed by atoms with Crippen LogP contribution in [0.4, 0.5) is 5.69 Å². The van der Waals surface area contributed by atoms with Crippen LogP contribution in [0.2, 0.25) is 0 Å². The van der Waals surface area contributed by atoms with Gasteiger partial charge < -0.3 is 10.6 Å². The smallest absolute Gasteiger partial charge is 0.236 e. The molecule has 0 saturated carbocycles. The van der Waals surface area contributed by atoms with Gasteiger partial charge in [-0.1, -0.05) is 18.2 Å². The van der Waals surface area contributed by atoms with Crippen LogP contribution >= 0.6 is 0 Å². The number of carbonyl (C=O) groups excluding carboxylic acids is 1. The summed E-state index contributed by atoms with van der Waals surface area (Å²) in [5, 5.41) is 5.54. The van der Waals surface area contributed by atoms with E-state index in [1.165, 1.54) is 0 Å². The van der Waals surface area contributed by atoms with E-state index in [1.807, 2.05) is 24.3 Å². The van der Waals surface area contributed by atoms with Crippen molar-refractivity contribution in [3.8, 4) is 0 Å². The molecule has 1 fully saturated rings. The highest BCUT2D eigenvalue weighted by atomic mass is 16.2. The van der Waals surface area contributed by atoms with E-state index in [2.05, 4.69) is 10.6 Å². The van der Waals surface area contributed by atoms with Gasteiger partial charge in [-0.15, -0.1) is 0 Å². The summed E-state index contributed by atoms with van der Waals surface area (Å²) in [6, 6.07) is 7.33. The number of rotatable bonds is 0. The molecule has 2 aliphatic heterocycles. The van der Waals surface area contributed by atoms with Crippen LogP contribution in [0.1, 0.15) is 14.7 Å². The molecule has 0 bridgehead atoms. The van der Waals surface area contributed by atoms with Crippen molar-refractivity contribution in [1.29, 1.82) is 0 Å². The zero-order valence-electron chi connectivity index (χ0n) is 9.63. The third-order valence-corrected chi connectivity index (χ3v) is 2.95. The normalized spacial score (nSPS) is 35.0. The van der Waals surface area contributed by atoms with Gasteiger partial charge >= 0.3 is 0 Å². The Morgan fingerprint density at radius 1 is 1.43 bits per heavy atom. The van der Waals surface area contributed by atoms with Crippen LogP contribution in [0.3, 0.4) is 0 Å². The first-order chi connectivity index (χ1) is 7.58. The van der Waals surface area contributed by atoms with E-state index in [4.69, 9.17) is 2.74 Å². The molecule has 1 unspecified atom stereocenters. The number of para-hydroxylation sites is 1. The van der Waals surface area contributed by atoms with Crippen molar-refractivity contribution in [2.45, 2.75) is 11.8 Å². The van der Waals surface area contributed by atoms with Gasteiger partial charge in [0.15, 0.2) is 0 Å². The number of amides is 1. The van der Waals surface area contributed by atoms with Gasteiger partial charge in [-0.05, 0) is 24.6 Å². The standard InChI is InChI=1S/C11H12N2O/c14-10-11(5-6-12-7-11)8-3-1-2-4-9(8)13-10/h1-4,12H,5-7H2,(H,13,14)/i7D2. The Bertz CT molecular complexity index is 475. The predicted molar refractivity (Wildman–Crippen MR) is 54.2 cm³/mol. The lowest BCUT2D eigenvalue weighted by molar-refractivity contribution is -0.120. The van der Waals surface area contributed by atoms with E-state index in [-0.39, 0.29) is 5.91 Å². The van der Waals surface area contributed by atoms with Gasteiger partial charge in [-0.2, -0.15) is 0 Å². The summed E-state index contributed by atoms with van der Waals surface area (Å²) in [6.45, 7) is -1.15. The van der Waals surface area contributed by atoms with Gasteiger partial charge in [-0.3, -0.25) is 4.79 Å². The molecular weight excluding hydrogens is 176 g/mol. The van der Waals surface area contributed by atoms with Gasteiger partial charge in [0.25, 0.3) is 0 Å². The van der Waals surface area contributed by atoms with Crippen molar-refractivity contribution in [1.82, 2.24) is 5.32 Å². The van der Waals surface area contributed by atoms with Crippen LogP contribution in [0.15, 0.2) is 24.3 Å². The molecule has 3 rings (SSSR count). The van der Waals surface area contributed by atoms with Gasteiger partial charge in [0, 0.05) is 14.9 Å². The van der Waals surface area contributed by atoms with Crippen molar-refractivity contribution in [3.63, 3.8) is 0 Å². The largest absolute Gasteiger partial charge is 0.325 e. The van der Waals surface area contributed by atoms with Crippen molar-refractivity contribution >= 4 is 11.6 Å². The van der Waals surface area contributed by atoms with Gasteiger partial charge in [0.2, 0.25) is 5.91 Å². The van der Waals surface area contributed by atoms with Crippen LogP contribution in [-0.2, 0) is 10.2 Å². The summed E-state index contributed by atoms with van der Waals surface area (Å²) in [5.74, 6) is -0.233. The van der Waals surface area contributed by atoms with Crippen molar-refractivity contribution in [2.75, 3.05) is 18.4 Å². The summed E-state index contributed by atoms with van der Waals surface area (Å²) < 4.78 is 16.0. The van der Waals surface area contributed by atoms with Crippen LogP contribution in [0, 0.1) is 0 Å². The molecule has 3 nitrogen and oxygen atoms in total. The number of carbonyl (C=O) groups is 1. The molecule has 1 aromatic carbocycles. The van der Waals surface area contributed by atoms with E-state index in [1.54, 1.807) is 0 Å². The van der Waals surface area contributed by atoms with E-state index in [0.29, 0.717) is 13.0 Å². The molecule has 0 aromatic heterocycles. The fourth-order valence-electron chi connectivity index (χ4n) is 2.21. The minimum absolute atomic E-state index is 0.233. The Labute approximate surface area is 85.3 Å². The zero-order valence-corrected chi connectivity index (χ0v) is 7.63. The highest BCUT2D eigenvalue weighted by Crippen LogP contribution is 2.41. The second-order valence-corrected chi connectivity index (χ2v) is 3.71. The summed E-state index contributed by atoms with van der Waals surface area (Å²) in [6.07, 6.45) is 0.503. The maximum Gasteiger partial charge on any atom is 0.236 e. The molecule has 2 N–H and O–H groups in total. The van der Waals surface area contributed by atoms with Crippen LogP contribution < -0.4 is 10.6 Å². The first-order valence-corrected chi connectivity index (χ1v) is 4.74. The molecule has 1 spiro atoms. The zero-order chi connectivity index (χ0) is 11.4. The Morgan fingerprint density at radius 3 is 3.07 bits per heavy atom. The number of hydrogen-bond acceptors (Lipinski definition) is 2. The molecule has 1 amide bonds. The molecule has 3 heteroatoms. The maximum atomic E-state index is 12.1. The van der Waals surface area contributed by atoms with Crippen molar-refractivity contribution in [3.05, 3.63) is 29.8 Å². The lowest BCUT2D eigenvalue weighted by atomic mass is 9.81. The number of hydrogen-bond donors (Lipinski definition) is 2. The molecule has 1 atom stereocenters. The number of nitrogens with one attached hydrogen (secondary N) is 2. The third kappa shape index (κ3) is 0.826. The molecule has 0 radical (unpaired) electrons. The average Bonchev–Trinajstić information content (AvgIpc) is 2.69. The summed E-state index contributed by atoms with van der Waals surface area (Å²) >= 11 is 0. The highest BCUT2D eigenvalue weighted by molar-refractivity contribution is 6.06. The van der Waals surface area contributed by atoms with Gasteiger partial charge in [0.1, 0.15) is 0 Å². The summed E-state index contributed by atoms with van der Waals surface area (Å²) in [7, 11) is 0. The molecule has 1 aromatic rings. The Kier molecular flexibility index (Phi) is 1.14. The van der Waals surface area contributed by atoms with Crippen LogP contribution in [0.25, 0.3) is 0 Å². The minimum atomic E-state index is -1.68. The summed E-state index contributed by atoms with van der Waals surface area (Å²) in [5.41, 5.74) is 0.457. The van der Waals surface area contributed by atoms with Crippen molar-refractivity contribution in [2.24, 2.45) is 0 Å². The van der Waals surface area contributed by atoms with Gasteiger partial charge in [0.05, 0.1) is 5.41 Å². The lowest BCUT2D eigenvalue weighted by Crippen LogP contribution is -2.36. The SMILES string of the molecule is [2H]C1([2H])NCCC12C(=O)Nc1ccccc12. The molecule has 2 heterocycles. The van der Waals surface area contributed by atoms with Crippen molar-refractivity contribution < 1.29 is 7.54 Å². The molecule has 2 aliphatic rings. The Balaban J connectivity index is 2.25. The Hall–Kier alpha value is -1.35. The van der Waals surface area contributed by atoms with Gasteiger partial charge in [-0.25, -0.2) is 0 Å². The highest BCUT2D eigenvalue weighted by Gasteiger charge is 2.48. The third-order valence-electron chi connectivity index (χ3n) is 2.95. The monoisotopic (exact) mass is 190 g/mol. The molecule has 1 saturated heterocycles. The average molecular weight is 190 g/mol. The van der Waals surface area contributed by atoms with Crippen LogP contribution in [-0.4, -0.2) is 18.9 Å². The topological polar surface area (TPSA) is 41.1 Å². The molecule has 72 valence electrons. The first kappa shape index (κ1) is 6.19. The second kappa shape index (κ2) is 2.58. The lowest BCUT2D eigenvalue weighted by Gasteiger charge is -2.19. The molecule has 0 aliphatic carbocycles. The van der Waals surface area contributed by atoms with E-state index >= 15 is 0 Å². The quantitative estimate of drug-likeness (QED) is 0.637. The number of benzene rings is 1. The maximum absolute atomic E-state index is 12.1. The predicted octanol–water partition coefficient (Wildman–Crippen LogP) is 0.870. The fraction of sp³-hybridized carbons (Fsp3) is 0.364. The Morgan fingerprint density at radius 2 is 2.29 bits per heavy atom. The van der Waals surface area contributed by atoms with Crippen LogP contribution in [0.5, 0.6) is 0 Å². The van der Waals surface area contributed by atoms with E-state index < -0.39 is 11.9 Å². The first-order valence-electron chi connectivity index (χ1n) is 5.74. The van der Waals surface area contributed by atoms with E-state index in [9.17, 15) is 4.79 Å². The minimum Gasteiger partial charge on any atom is -0.325 e. The fourth-order valence-corrected chi connectivity index (χ4v) is 2.21. The molecule has 14 heavy (non-hydrogen) atoms. The number of anilines is 1. The molecular formula is C11H12N2O. The second-order valence-electron chi connectivity index (χ2n) is 3.71. The summed E-state index contributed by atoms with van der Waals surface area (Å²) in [4.78, 5) is 12.1.